The van der Waals surface area contributed by atoms with E-state index in [0.717, 1.165) is 12.1 Å². The molecule has 1 rings (SSSR count). The van der Waals surface area contributed by atoms with Crippen LogP contribution in [0, 0.1) is 0 Å². The minimum absolute atomic E-state index is 0.357. The molecule has 0 fully saturated rings. The van der Waals surface area contributed by atoms with Crippen molar-refractivity contribution in [3.05, 3.63) is 22.7 Å². The van der Waals surface area contributed by atoms with Crippen molar-refractivity contribution in [1.29, 1.82) is 0 Å². The van der Waals surface area contributed by atoms with E-state index < -0.39 is 32.5 Å². The highest BCUT2D eigenvalue weighted by Gasteiger charge is 2.29. The third kappa shape index (κ3) is 4.72. The van der Waals surface area contributed by atoms with Crippen molar-refractivity contribution >= 4 is 35.7 Å². The molecule has 0 saturated heterocycles. The van der Waals surface area contributed by atoms with E-state index in [1.54, 1.807) is 0 Å². The molecule has 0 amide bonds. The fourth-order valence-corrected chi connectivity index (χ4v) is 2.46. The lowest BCUT2D eigenvalue weighted by atomic mass is 10.3. The van der Waals surface area contributed by atoms with Crippen molar-refractivity contribution < 1.29 is 26.3 Å². The fourth-order valence-electron chi connectivity index (χ4n) is 0.951. The largest absolute Gasteiger partial charge is 0.483 e. The molecule has 0 aromatic heterocycles. The van der Waals surface area contributed by atoms with Gasteiger partial charge in [0, 0.05) is 15.2 Å². The standard InChI is InChI=1S/C8H5BrClF3O3S/c9-5-1-2-6(16-4-8(11,12)13)7(3-5)17(10,14)15/h1-3H,4H2. The summed E-state index contributed by atoms with van der Waals surface area (Å²) in [7, 11) is 0.902. The number of rotatable bonds is 3. The number of hydrogen-bond donors (Lipinski definition) is 0. The number of halogens is 5. The summed E-state index contributed by atoms with van der Waals surface area (Å²) in [6.45, 7) is -1.59. The molecule has 9 heteroatoms. The van der Waals surface area contributed by atoms with Crippen molar-refractivity contribution in [3.63, 3.8) is 0 Å². The number of alkyl halides is 3. The van der Waals surface area contributed by atoms with E-state index in [9.17, 15) is 21.6 Å². The van der Waals surface area contributed by atoms with Crippen LogP contribution in [0.1, 0.15) is 0 Å². The molecule has 1 aromatic carbocycles. The molecule has 0 aliphatic carbocycles. The minimum Gasteiger partial charge on any atom is -0.483 e. The molecular formula is C8H5BrClF3O3S. The van der Waals surface area contributed by atoms with Gasteiger partial charge in [-0.05, 0) is 18.2 Å². The Kier molecular flexibility index (Phi) is 4.32. The van der Waals surface area contributed by atoms with Gasteiger partial charge in [-0.3, -0.25) is 0 Å². The highest BCUT2D eigenvalue weighted by atomic mass is 79.9. The Balaban J connectivity index is 3.08. The maximum Gasteiger partial charge on any atom is 0.422 e. The Labute approximate surface area is 108 Å². The van der Waals surface area contributed by atoms with Crippen LogP contribution in [0.5, 0.6) is 5.75 Å². The summed E-state index contributed by atoms with van der Waals surface area (Å²) in [6, 6.07) is 3.50. The zero-order chi connectivity index (χ0) is 13.3. The van der Waals surface area contributed by atoms with E-state index in [-0.39, 0.29) is 0 Å². The lowest BCUT2D eigenvalue weighted by Crippen LogP contribution is -2.19. The maximum atomic E-state index is 11.9. The minimum atomic E-state index is -4.56. The van der Waals surface area contributed by atoms with Crippen molar-refractivity contribution in [1.82, 2.24) is 0 Å². The van der Waals surface area contributed by atoms with Crippen LogP contribution >= 0.6 is 26.6 Å². The van der Waals surface area contributed by atoms with Gasteiger partial charge in [-0.1, -0.05) is 15.9 Å². The Morgan fingerprint density at radius 1 is 1.35 bits per heavy atom. The molecule has 96 valence electrons. The molecule has 0 saturated carbocycles. The van der Waals surface area contributed by atoms with Gasteiger partial charge in [-0.25, -0.2) is 8.42 Å². The van der Waals surface area contributed by atoms with Gasteiger partial charge in [0.2, 0.25) is 0 Å². The molecule has 1 aromatic rings. The first-order valence-electron chi connectivity index (χ1n) is 4.03. The van der Waals surface area contributed by atoms with Crippen LogP contribution in [0.15, 0.2) is 27.6 Å². The van der Waals surface area contributed by atoms with Crippen LogP contribution in [-0.4, -0.2) is 21.2 Å². The molecule has 0 heterocycles. The predicted octanol–water partition coefficient (Wildman–Crippen LogP) is 3.32. The van der Waals surface area contributed by atoms with E-state index in [1.807, 2.05) is 0 Å². The van der Waals surface area contributed by atoms with E-state index in [0.29, 0.717) is 4.47 Å². The molecule has 0 unspecified atom stereocenters. The van der Waals surface area contributed by atoms with E-state index in [4.69, 9.17) is 10.7 Å². The molecule has 0 spiro atoms. The Bertz CT molecular complexity index is 515. The molecule has 0 bridgehead atoms. The van der Waals surface area contributed by atoms with Crippen molar-refractivity contribution in [2.24, 2.45) is 0 Å². The average Bonchev–Trinajstić information content (AvgIpc) is 2.13. The van der Waals surface area contributed by atoms with Crippen LogP contribution in [0.4, 0.5) is 13.2 Å². The van der Waals surface area contributed by atoms with E-state index >= 15 is 0 Å². The first-order valence-corrected chi connectivity index (χ1v) is 7.13. The van der Waals surface area contributed by atoms with Crippen molar-refractivity contribution in [3.8, 4) is 5.75 Å². The van der Waals surface area contributed by atoms with E-state index in [1.165, 1.54) is 6.07 Å². The number of hydrogen-bond acceptors (Lipinski definition) is 3. The van der Waals surface area contributed by atoms with Crippen LogP contribution in [0.3, 0.4) is 0 Å². The summed E-state index contributed by atoms with van der Waals surface area (Å²) in [5, 5.41) is 0. The molecule has 0 aliphatic rings. The first-order chi connectivity index (χ1) is 7.59. The second-order valence-corrected chi connectivity index (χ2v) is 6.38. The molecule has 0 aliphatic heterocycles. The highest BCUT2D eigenvalue weighted by Crippen LogP contribution is 2.31. The van der Waals surface area contributed by atoms with Crippen LogP contribution in [0.2, 0.25) is 0 Å². The molecule has 3 nitrogen and oxygen atoms in total. The van der Waals surface area contributed by atoms with Gasteiger partial charge in [-0.2, -0.15) is 13.2 Å². The Morgan fingerprint density at radius 3 is 2.41 bits per heavy atom. The number of ether oxygens (including phenoxy) is 1. The Hall–Kier alpha value is -0.470. The normalized spacial score (nSPS) is 12.5. The average molecular weight is 354 g/mol. The summed E-state index contributed by atoms with van der Waals surface area (Å²) in [5.74, 6) is -0.444. The summed E-state index contributed by atoms with van der Waals surface area (Å²) < 4.78 is 62.8. The molecule has 0 atom stereocenters. The van der Waals surface area contributed by atoms with Gasteiger partial charge in [0.1, 0.15) is 10.6 Å². The monoisotopic (exact) mass is 352 g/mol. The zero-order valence-corrected chi connectivity index (χ0v) is 11.1. The molecule has 0 N–H and O–H groups in total. The summed E-state index contributed by atoms with van der Waals surface area (Å²) in [5.41, 5.74) is 0. The lowest BCUT2D eigenvalue weighted by molar-refractivity contribution is -0.153. The van der Waals surface area contributed by atoms with Gasteiger partial charge in [-0.15, -0.1) is 0 Å². The van der Waals surface area contributed by atoms with Gasteiger partial charge in [0.05, 0.1) is 0 Å². The maximum absolute atomic E-state index is 11.9. The predicted molar refractivity (Wildman–Crippen MR) is 58.7 cm³/mol. The SMILES string of the molecule is O=S(=O)(Cl)c1cc(Br)ccc1OCC(F)(F)F. The first kappa shape index (κ1) is 14.6. The van der Waals surface area contributed by atoms with E-state index in [2.05, 4.69) is 20.7 Å². The second-order valence-electron chi connectivity index (χ2n) is 2.93. The quantitative estimate of drug-likeness (QED) is 0.783. The number of benzene rings is 1. The van der Waals surface area contributed by atoms with Crippen molar-refractivity contribution in [2.45, 2.75) is 11.1 Å². The third-order valence-electron chi connectivity index (χ3n) is 1.56. The van der Waals surface area contributed by atoms with Crippen molar-refractivity contribution in [2.75, 3.05) is 6.61 Å². The van der Waals surface area contributed by atoms with Crippen LogP contribution in [0.25, 0.3) is 0 Å². The molecule has 17 heavy (non-hydrogen) atoms. The van der Waals surface area contributed by atoms with Gasteiger partial charge < -0.3 is 4.74 Å². The second kappa shape index (κ2) is 5.03. The summed E-state index contributed by atoms with van der Waals surface area (Å²) in [4.78, 5) is -0.516. The smallest absolute Gasteiger partial charge is 0.422 e. The van der Waals surface area contributed by atoms with Gasteiger partial charge in [0.15, 0.2) is 6.61 Å². The van der Waals surface area contributed by atoms with Crippen LogP contribution in [-0.2, 0) is 9.05 Å². The zero-order valence-electron chi connectivity index (χ0n) is 7.96. The Morgan fingerprint density at radius 2 is 1.94 bits per heavy atom. The van der Waals surface area contributed by atoms with Gasteiger partial charge in [0.25, 0.3) is 9.05 Å². The third-order valence-corrected chi connectivity index (χ3v) is 3.40. The lowest BCUT2D eigenvalue weighted by Gasteiger charge is -2.11. The topological polar surface area (TPSA) is 43.4 Å². The van der Waals surface area contributed by atoms with Crippen LogP contribution < -0.4 is 4.74 Å². The van der Waals surface area contributed by atoms with Gasteiger partial charge >= 0.3 is 6.18 Å². The summed E-state index contributed by atoms with van der Waals surface area (Å²) in [6.07, 6.45) is -4.56. The molecular weight excluding hydrogens is 349 g/mol. The fraction of sp³-hybridized carbons (Fsp3) is 0.250. The highest BCUT2D eigenvalue weighted by molar-refractivity contribution is 9.10. The molecule has 0 radical (unpaired) electrons. The summed E-state index contributed by atoms with van der Waals surface area (Å²) >= 11 is 2.98.